The molecule has 28 heavy (non-hydrogen) atoms. The van der Waals surface area contributed by atoms with Gasteiger partial charge in [0.25, 0.3) is 0 Å². The summed E-state index contributed by atoms with van der Waals surface area (Å²) in [6.07, 6.45) is 5.43. The zero-order valence-electron chi connectivity index (χ0n) is 16.4. The maximum Gasteiger partial charge on any atom is 0.416 e. The first-order valence-corrected chi connectivity index (χ1v) is 10.7. The molecule has 0 saturated heterocycles. The van der Waals surface area contributed by atoms with Crippen LogP contribution in [0.5, 0.6) is 0 Å². The molecule has 2 aliphatic rings. The zero-order valence-corrected chi connectivity index (χ0v) is 16.4. The van der Waals surface area contributed by atoms with Crippen LogP contribution in [0.1, 0.15) is 75.3 Å². The van der Waals surface area contributed by atoms with E-state index in [0.29, 0.717) is 11.3 Å². The van der Waals surface area contributed by atoms with E-state index in [1.54, 1.807) is 0 Å². The summed E-state index contributed by atoms with van der Waals surface area (Å²) < 4.78 is 53.5. The van der Waals surface area contributed by atoms with Crippen LogP contribution in [0.25, 0.3) is 10.8 Å². The van der Waals surface area contributed by atoms with E-state index in [1.807, 2.05) is 6.07 Å². The highest BCUT2D eigenvalue weighted by Gasteiger charge is 2.36. The SMILES string of the molecule is CCCC1CCC2CC(c3cc(F)c4cc(C(F)(F)F)ccc4c3)CCC2C1. The number of alkyl halides is 3. The first kappa shape index (κ1) is 19.7. The summed E-state index contributed by atoms with van der Waals surface area (Å²) in [4.78, 5) is 0. The van der Waals surface area contributed by atoms with E-state index in [-0.39, 0.29) is 5.39 Å². The van der Waals surface area contributed by atoms with E-state index in [2.05, 4.69) is 6.92 Å². The van der Waals surface area contributed by atoms with E-state index >= 15 is 0 Å². The fraction of sp³-hybridized carbons (Fsp3) is 0.583. The molecule has 4 rings (SSSR count). The van der Waals surface area contributed by atoms with Crippen LogP contribution in [-0.4, -0.2) is 0 Å². The van der Waals surface area contributed by atoms with Gasteiger partial charge in [-0.05, 0) is 84.9 Å². The molecule has 0 bridgehead atoms. The third-order valence-electron chi connectivity index (χ3n) is 7.14. The van der Waals surface area contributed by atoms with Gasteiger partial charge in [0.05, 0.1) is 5.56 Å². The highest BCUT2D eigenvalue weighted by atomic mass is 19.4. The summed E-state index contributed by atoms with van der Waals surface area (Å²) in [5.41, 5.74) is 0.162. The number of halogens is 4. The van der Waals surface area contributed by atoms with Crippen LogP contribution in [-0.2, 0) is 6.18 Å². The quantitative estimate of drug-likeness (QED) is 0.463. The largest absolute Gasteiger partial charge is 0.416 e. The summed E-state index contributed by atoms with van der Waals surface area (Å²) in [5, 5.41) is 0.629. The molecule has 2 saturated carbocycles. The molecule has 0 N–H and O–H groups in total. The van der Waals surface area contributed by atoms with Gasteiger partial charge in [0, 0.05) is 5.39 Å². The van der Waals surface area contributed by atoms with Crippen molar-refractivity contribution in [3.63, 3.8) is 0 Å². The Morgan fingerprint density at radius 2 is 1.68 bits per heavy atom. The lowest BCUT2D eigenvalue weighted by Crippen LogP contribution is -2.30. The third kappa shape index (κ3) is 3.92. The minimum atomic E-state index is -4.45. The van der Waals surface area contributed by atoms with Crippen LogP contribution in [0.2, 0.25) is 0 Å². The Labute approximate surface area is 164 Å². The predicted octanol–water partition coefficient (Wildman–Crippen LogP) is 8.10. The van der Waals surface area contributed by atoms with E-state index in [0.717, 1.165) is 48.3 Å². The molecule has 2 aromatic carbocycles. The number of hydrogen-bond acceptors (Lipinski definition) is 0. The summed E-state index contributed by atoms with van der Waals surface area (Å²) in [7, 11) is 0. The van der Waals surface area contributed by atoms with E-state index in [4.69, 9.17) is 0 Å². The topological polar surface area (TPSA) is 0 Å². The van der Waals surface area contributed by atoms with E-state index < -0.39 is 17.6 Å². The average Bonchev–Trinajstić information content (AvgIpc) is 2.66. The van der Waals surface area contributed by atoms with Gasteiger partial charge in [-0.2, -0.15) is 13.2 Å². The maximum atomic E-state index is 14.7. The highest BCUT2D eigenvalue weighted by molar-refractivity contribution is 5.84. The monoisotopic (exact) mass is 392 g/mol. The van der Waals surface area contributed by atoms with Crippen molar-refractivity contribution in [2.75, 3.05) is 0 Å². The van der Waals surface area contributed by atoms with Gasteiger partial charge < -0.3 is 0 Å². The minimum absolute atomic E-state index is 0.0623. The van der Waals surface area contributed by atoms with E-state index in [1.165, 1.54) is 50.7 Å². The van der Waals surface area contributed by atoms with Gasteiger partial charge in [-0.3, -0.25) is 0 Å². The first-order chi connectivity index (χ1) is 13.3. The standard InChI is InChI=1S/C24H28F4/c1-2-3-15-4-5-17-11-18(7-6-16(17)10-15)20-12-19-8-9-21(24(26,27)28)14-22(19)23(25)13-20/h8-9,12-18H,2-7,10-11H2,1H3. The van der Waals surface area contributed by atoms with Gasteiger partial charge in [0.1, 0.15) is 5.82 Å². The molecule has 2 aliphatic carbocycles. The Hall–Kier alpha value is -1.58. The van der Waals surface area contributed by atoms with Gasteiger partial charge in [0.15, 0.2) is 0 Å². The molecule has 4 atom stereocenters. The second-order valence-corrected chi connectivity index (χ2v) is 8.93. The van der Waals surface area contributed by atoms with Crippen LogP contribution in [0.4, 0.5) is 17.6 Å². The fourth-order valence-corrected chi connectivity index (χ4v) is 5.71. The molecule has 4 heteroatoms. The summed E-state index contributed by atoms with van der Waals surface area (Å²) in [6, 6.07) is 6.78. The van der Waals surface area contributed by atoms with Crippen molar-refractivity contribution in [1.29, 1.82) is 0 Å². The smallest absolute Gasteiger partial charge is 0.206 e. The average molecular weight is 392 g/mol. The maximum absolute atomic E-state index is 14.7. The van der Waals surface area contributed by atoms with Gasteiger partial charge in [0.2, 0.25) is 0 Å². The molecule has 0 amide bonds. The fourth-order valence-electron chi connectivity index (χ4n) is 5.71. The van der Waals surface area contributed by atoms with Crippen molar-refractivity contribution in [2.24, 2.45) is 17.8 Å². The van der Waals surface area contributed by atoms with Crippen molar-refractivity contribution in [3.8, 4) is 0 Å². The van der Waals surface area contributed by atoms with E-state index in [9.17, 15) is 17.6 Å². The minimum Gasteiger partial charge on any atom is -0.206 e. The van der Waals surface area contributed by atoms with Crippen molar-refractivity contribution >= 4 is 10.8 Å². The Kier molecular flexibility index (Phi) is 5.41. The molecule has 152 valence electrons. The molecule has 0 nitrogen and oxygen atoms in total. The van der Waals surface area contributed by atoms with Crippen LogP contribution < -0.4 is 0 Å². The van der Waals surface area contributed by atoms with Crippen molar-refractivity contribution in [3.05, 3.63) is 47.3 Å². The number of rotatable bonds is 3. The zero-order chi connectivity index (χ0) is 19.9. The van der Waals surface area contributed by atoms with Crippen LogP contribution in [0.15, 0.2) is 30.3 Å². The van der Waals surface area contributed by atoms with Gasteiger partial charge in [-0.25, -0.2) is 4.39 Å². The molecular weight excluding hydrogens is 364 g/mol. The van der Waals surface area contributed by atoms with Crippen LogP contribution in [0, 0.1) is 23.6 Å². The number of fused-ring (bicyclic) bond motifs is 2. The van der Waals surface area contributed by atoms with Crippen LogP contribution in [0.3, 0.4) is 0 Å². The van der Waals surface area contributed by atoms with Crippen molar-refractivity contribution in [1.82, 2.24) is 0 Å². The Morgan fingerprint density at radius 3 is 2.43 bits per heavy atom. The first-order valence-electron chi connectivity index (χ1n) is 10.7. The predicted molar refractivity (Wildman–Crippen MR) is 105 cm³/mol. The van der Waals surface area contributed by atoms with Gasteiger partial charge in [-0.1, -0.05) is 38.3 Å². The second-order valence-electron chi connectivity index (χ2n) is 8.93. The molecule has 0 radical (unpaired) electrons. The van der Waals surface area contributed by atoms with Gasteiger partial charge in [-0.15, -0.1) is 0 Å². The molecular formula is C24H28F4. The van der Waals surface area contributed by atoms with Gasteiger partial charge >= 0.3 is 6.18 Å². The van der Waals surface area contributed by atoms with Crippen molar-refractivity contribution in [2.45, 2.75) is 70.4 Å². The molecule has 0 heterocycles. The lowest BCUT2D eigenvalue weighted by atomic mass is 9.63. The van der Waals surface area contributed by atoms with Crippen LogP contribution >= 0.6 is 0 Å². The Bertz CT molecular complexity index is 838. The molecule has 0 spiro atoms. The number of benzene rings is 2. The summed E-state index contributed by atoms with van der Waals surface area (Å²) in [5.74, 6) is 2.20. The molecule has 0 aromatic heterocycles. The summed E-state index contributed by atoms with van der Waals surface area (Å²) >= 11 is 0. The molecule has 2 aromatic rings. The Morgan fingerprint density at radius 1 is 0.929 bits per heavy atom. The lowest BCUT2D eigenvalue weighted by molar-refractivity contribution is -0.137. The highest BCUT2D eigenvalue weighted by Crippen LogP contribution is 2.48. The molecule has 2 fully saturated rings. The Balaban J connectivity index is 1.54. The normalized spacial score (nSPS) is 28.3. The molecule has 4 unspecified atom stereocenters. The third-order valence-corrected chi connectivity index (χ3v) is 7.14. The van der Waals surface area contributed by atoms with Crippen molar-refractivity contribution < 1.29 is 17.6 Å². The molecule has 0 aliphatic heterocycles. The second kappa shape index (κ2) is 7.68. The summed E-state index contributed by atoms with van der Waals surface area (Å²) in [6.45, 7) is 2.26. The lowest BCUT2D eigenvalue weighted by Gasteiger charge is -2.42. The number of hydrogen-bond donors (Lipinski definition) is 0.